The van der Waals surface area contributed by atoms with E-state index in [-0.39, 0.29) is 0 Å². The Bertz CT molecular complexity index is 637. The molecule has 0 amide bonds. The van der Waals surface area contributed by atoms with Crippen LogP contribution in [0.3, 0.4) is 0 Å². The van der Waals surface area contributed by atoms with Gasteiger partial charge in [-0.05, 0) is 47.4 Å². The summed E-state index contributed by atoms with van der Waals surface area (Å²) in [5.74, 6) is 0.863. The van der Waals surface area contributed by atoms with Crippen LogP contribution in [0.25, 0.3) is 16.8 Å². The van der Waals surface area contributed by atoms with Crippen LogP contribution in [0.4, 0.5) is 0 Å². The molecule has 0 aliphatic heterocycles. The Kier molecular flexibility index (Phi) is 2.63. The second kappa shape index (κ2) is 4.30. The van der Waals surface area contributed by atoms with Crippen molar-refractivity contribution in [2.45, 2.75) is 18.8 Å². The molecule has 18 heavy (non-hydrogen) atoms. The van der Waals surface area contributed by atoms with Crippen molar-refractivity contribution in [1.82, 2.24) is 0 Å². The number of phenols is 1. The molecule has 0 bridgehead atoms. The van der Waals surface area contributed by atoms with Crippen molar-refractivity contribution in [2.75, 3.05) is 0 Å². The highest BCUT2D eigenvalue weighted by atomic mass is 16.3. The van der Waals surface area contributed by atoms with E-state index in [2.05, 4.69) is 0 Å². The third kappa shape index (κ3) is 1.80. The normalized spacial score (nSPS) is 15.3. The van der Waals surface area contributed by atoms with Crippen molar-refractivity contribution in [3.05, 3.63) is 47.5 Å². The van der Waals surface area contributed by atoms with E-state index in [0.717, 1.165) is 28.2 Å². The van der Waals surface area contributed by atoms with E-state index >= 15 is 0 Å². The average Bonchev–Trinajstić information content (AvgIpc) is 3.22. The lowest BCUT2D eigenvalue weighted by atomic mass is 9.95. The zero-order valence-electron chi connectivity index (χ0n) is 9.97. The molecule has 1 saturated carbocycles. The summed E-state index contributed by atoms with van der Waals surface area (Å²) in [6, 6.07) is 9.61. The lowest BCUT2D eigenvalue weighted by Gasteiger charge is -2.11. The molecule has 0 atom stereocenters. The van der Waals surface area contributed by atoms with E-state index < -0.39 is 0 Å². The Morgan fingerprint density at radius 2 is 1.89 bits per heavy atom. The molecule has 2 aromatic carbocycles. The van der Waals surface area contributed by atoms with Gasteiger partial charge in [0.05, 0.1) is 0 Å². The molecule has 0 heterocycles. The van der Waals surface area contributed by atoms with Crippen LogP contribution >= 0.6 is 0 Å². The average molecular weight is 238 g/mol. The Morgan fingerprint density at radius 1 is 1.17 bits per heavy atom. The maximum absolute atomic E-state index is 10.5. The number of aromatic hydroxyl groups is 1. The molecule has 0 aromatic heterocycles. The number of benzene rings is 2. The van der Waals surface area contributed by atoms with Gasteiger partial charge in [0.1, 0.15) is 12.0 Å². The minimum atomic E-state index is 0.329. The van der Waals surface area contributed by atoms with Crippen LogP contribution in [0.1, 0.15) is 29.9 Å². The number of hydrogen-bond donors (Lipinski definition) is 1. The second-order valence-electron chi connectivity index (χ2n) is 4.71. The minimum absolute atomic E-state index is 0.329. The number of carbonyl (C=O) groups excluding carboxylic acids is 1. The van der Waals surface area contributed by atoms with E-state index in [4.69, 9.17) is 0 Å². The summed E-state index contributed by atoms with van der Waals surface area (Å²) in [7, 11) is 0. The van der Waals surface area contributed by atoms with Crippen LogP contribution in [0.15, 0.2) is 36.4 Å². The van der Waals surface area contributed by atoms with Crippen molar-refractivity contribution in [2.24, 2.45) is 0 Å². The van der Waals surface area contributed by atoms with Gasteiger partial charge in [-0.25, -0.2) is 0 Å². The van der Waals surface area contributed by atoms with Gasteiger partial charge in [0.2, 0.25) is 0 Å². The van der Waals surface area contributed by atoms with Gasteiger partial charge >= 0.3 is 0 Å². The van der Waals surface area contributed by atoms with E-state index in [9.17, 15) is 9.90 Å². The van der Waals surface area contributed by atoms with Crippen molar-refractivity contribution in [1.29, 1.82) is 0 Å². The van der Waals surface area contributed by atoms with Crippen LogP contribution in [0, 0.1) is 0 Å². The smallest absolute Gasteiger partial charge is 0.142 e. The minimum Gasteiger partial charge on any atom is -0.507 e. The molecule has 3 rings (SSSR count). The van der Waals surface area contributed by atoms with Crippen LogP contribution in [-0.2, 0) is 4.79 Å². The van der Waals surface area contributed by atoms with Crippen LogP contribution in [0.5, 0.6) is 5.75 Å². The molecule has 2 nitrogen and oxygen atoms in total. The second-order valence-corrected chi connectivity index (χ2v) is 4.71. The van der Waals surface area contributed by atoms with Gasteiger partial charge in [0, 0.05) is 5.39 Å². The number of hydrogen-bond acceptors (Lipinski definition) is 2. The van der Waals surface area contributed by atoms with Crippen LogP contribution < -0.4 is 0 Å². The van der Waals surface area contributed by atoms with Gasteiger partial charge in [-0.2, -0.15) is 0 Å². The fourth-order valence-corrected chi connectivity index (χ4v) is 2.45. The molecule has 0 spiro atoms. The Labute approximate surface area is 106 Å². The van der Waals surface area contributed by atoms with Crippen LogP contribution in [-0.4, -0.2) is 11.4 Å². The third-order valence-corrected chi connectivity index (χ3v) is 3.46. The van der Waals surface area contributed by atoms with Gasteiger partial charge in [-0.15, -0.1) is 0 Å². The summed E-state index contributed by atoms with van der Waals surface area (Å²) in [6.07, 6.45) is 6.49. The molecule has 1 aliphatic rings. The highest BCUT2D eigenvalue weighted by Crippen LogP contribution is 2.45. The molecule has 2 heteroatoms. The first-order valence-corrected chi connectivity index (χ1v) is 6.17. The van der Waals surface area contributed by atoms with E-state index in [1.54, 1.807) is 0 Å². The third-order valence-electron chi connectivity index (χ3n) is 3.46. The van der Waals surface area contributed by atoms with E-state index in [0.29, 0.717) is 11.7 Å². The molecule has 0 radical (unpaired) electrons. The quantitative estimate of drug-likeness (QED) is 0.654. The van der Waals surface area contributed by atoms with Crippen molar-refractivity contribution < 1.29 is 9.90 Å². The van der Waals surface area contributed by atoms with Crippen LogP contribution in [0.2, 0.25) is 0 Å². The van der Waals surface area contributed by atoms with Gasteiger partial charge in [-0.1, -0.05) is 30.3 Å². The largest absolute Gasteiger partial charge is 0.507 e. The first kappa shape index (κ1) is 11.0. The van der Waals surface area contributed by atoms with E-state index in [1.807, 2.05) is 36.4 Å². The van der Waals surface area contributed by atoms with Gasteiger partial charge in [-0.3, -0.25) is 4.79 Å². The van der Waals surface area contributed by atoms with E-state index in [1.165, 1.54) is 18.9 Å². The van der Waals surface area contributed by atoms with Gasteiger partial charge in [0.15, 0.2) is 0 Å². The molecule has 1 fully saturated rings. The highest BCUT2D eigenvalue weighted by molar-refractivity contribution is 5.97. The number of fused-ring (bicyclic) bond motifs is 1. The summed E-state index contributed by atoms with van der Waals surface area (Å²) in [6.45, 7) is 0. The molecule has 0 unspecified atom stereocenters. The van der Waals surface area contributed by atoms with Gasteiger partial charge in [0.25, 0.3) is 0 Å². The predicted octanol–water partition coefficient (Wildman–Crippen LogP) is 3.63. The summed E-state index contributed by atoms with van der Waals surface area (Å²) in [5, 5.41) is 11.9. The first-order valence-electron chi connectivity index (χ1n) is 6.17. The van der Waals surface area contributed by atoms with Crippen molar-refractivity contribution >= 4 is 23.1 Å². The summed E-state index contributed by atoms with van der Waals surface area (Å²) >= 11 is 0. The number of aldehydes is 1. The maximum atomic E-state index is 10.5. The molecule has 1 aliphatic carbocycles. The zero-order valence-corrected chi connectivity index (χ0v) is 9.97. The highest BCUT2D eigenvalue weighted by Gasteiger charge is 2.27. The number of phenolic OH excluding ortho intramolecular Hbond substituents is 1. The Hall–Kier alpha value is -2.09. The van der Waals surface area contributed by atoms with Crippen molar-refractivity contribution in [3.63, 3.8) is 0 Å². The first-order chi connectivity index (χ1) is 8.81. The zero-order chi connectivity index (χ0) is 12.5. The van der Waals surface area contributed by atoms with Crippen molar-refractivity contribution in [3.8, 4) is 5.75 Å². The summed E-state index contributed by atoms with van der Waals surface area (Å²) in [4.78, 5) is 10.5. The lowest BCUT2D eigenvalue weighted by Crippen LogP contribution is -1.89. The Balaban J connectivity index is 2.32. The predicted molar refractivity (Wildman–Crippen MR) is 72.7 cm³/mol. The van der Waals surface area contributed by atoms with Gasteiger partial charge < -0.3 is 5.11 Å². The standard InChI is InChI=1S/C16H14O2/c17-9-3-6-13-12-4-1-2-5-14(12)16(18)10-15(13)11-7-8-11/h1-6,9-11,18H,7-8H2/b6-3+. The SMILES string of the molecule is O=C/C=C/c1c(C2CC2)cc(O)c2ccccc12. The fraction of sp³-hybridized carbons (Fsp3) is 0.188. The Morgan fingerprint density at radius 3 is 2.56 bits per heavy atom. The molecule has 0 saturated heterocycles. The molecular weight excluding hydrogens is 224 g/mol. The summed E-state index contributed by atoms with van der Waals surface area (Å²) < 4.78 is 0. The molecular formula is C16H14O2. The fourth-order valence-electron chi connectivity index (χ4n) is 2.45. The molecule has 1 N–H and O–H groups in total. The number of rotatable bonds is 3. The lowest BCUT2D eigenvalue weighted by molar-refractivity contribution is -0.104. The summed E-state index contributed by atoms with van der Waals surface area (Å²) in [5.41, 5.74) is 2.22. The molecule has 2 aromatic rings. The topological polar surface area (TPSA) is 37.3 Å². The monoisotopic (exact) mass is 238 g/mol. The maximum Gasteiger partial charge on any atom is 0.142 e. The number of allylic oxidation sites excluding steroid dienone is 1. The number of carbonyl (C=O) groups is 1. The molecule has 90 valence electrons.